The second-order valence-electron chi connectivity index (χ2n) is 19.7. The van der Waals surface area contributed by atoms with Gasteiger partial charge < -0.3 is 42.6 Å². The van der Waals surface area contributed by atoms with Gasteiger partial charge in [0.05, 0.1) is 49.7 Å². The van der Waals surface area contributed by atoms with Crippen LogP contribution in [0.25, 0.3) is 0 Å². The highest BCUT2D eigenvalue weighted by atomic mass is 32.2. The van der Waals surface area contributed by atoms with E-state index >= 15 is 9.59 Å². The summed E-state index contributed by atoms with van der Waals surface area (Å²) in [5.41, 5.74) is 2.18. The third kappa shape index (κ3) is 8.34. The third-order valence-corrected chi connectivity index (χ3v) is 15.5. The fraction of sp³-hybridized carbons (Fsp3) is 0.538. The average molecular weight is 997 g/mol. The number of hydrogen-bond donors (Lipinski definition) is 1. The quantitative estimate of drug-likeness (QED) is 0.165. The molecule has 7 aliphatic rings. The minimum atomic E-state index is -1.55. The van der Waals surface area contributed by atoms with Crippen molar-refractivity contribution in [2.75, 3.05) is 39.9 Å². The molecule has 0 aromatic heterocycles. The summed E-state index contributed by atoms with van der Waals surface area (Å²) in [6.45, 7) is 13.8. The Morgan fingerprint density at radius 1 is 0.887 bits per heavy atom. The van der Waals surface area contributed by atoms with E-state index in [4.69, 9.17) is 42.6 Å². The molecule has 18 nitrogen and oxygen atoms in total. The molecule has 1 N–H and O–H groups in total. The number of nitrogens with zero attached hydrogens (tertiary/aromatic N) is 3. The van der Waals surface area contributed by atoms with Crippen molar-refractivity contribution in [3.63, 3.8) is 0 Å². The SMILES string of the molecule is CCCC(=O)Oc1cc2c(cc1OC)[C@@]1(CS[C@@H]3c4c(OC(C)=O)c(C)c5c(c4[C@@H](COC1=O)N1C3[C@H]3c4c(cc(C)c(OC)c4OC(=O)CCC)C[C@@H]([C@@H]1C#N)N3C(=O)OC(C)(C)C)OCO5)NCC2. The number of carbonyl (C=O) groups is 5. The molecule has 19 heteroatoms. The van der Waals surface area contributed by atoms with E-state index in [9.17, 15) is 19.6 Å². The molecule has 0 radical (unpaired) electrons. The lowest BCUT2D eigenvalue weighted by molar-refractivity contribution is -0.157. The number of aryl methyl sites for hydroxylation is 1. The van der Waals surface area contributed by atoms with Crippen LogP contribution in [0.3, 0.4) is 0 Å². The number of hydrogen-bond acceptors (Lipinski definition) is 18. The molecule has 0 saturated carbocycles. The van der Waals surface area contributed by atoms with Gasteiger partial charge in [-0.1, -0.05) is 19.9 Å². The average Bonchev–Trinajstić information content (AvgIpc) is 3.81. The lowest BCUT2D eigenvalue weighted by atomic mass is 9.71. The Morgan fingerprint density at radius 2 is 1.61 bits per heavy atom. The van der Waals surface area contributed by atoms with E-state index in [0.717, 1.165) is 11.1 Å². The van der Waals surface area contributed by atoms with Gasteiger partial charge in [-0.05, 0) is 94.7 Å². The molecular weight excluding hydrogens is 937 g/mol. The minimum absolute atomic E-state index is 0.0225. The second-order valence-corrected chi connectivity index (χ2v) is 20.9. The Morgan fingerprint density at radius 3 is 2.27 bits per heavy atom. The van der Waals surface area contributed by atoms with Crippen molar-refractivity contribution in [3.8, 4) is 46.3 Å². The molecule has 7 heterocycles. The predicted octanol–water partition coefficient (Wildman–Crippen LogP) is 7.29. The first-order valence-electron chi connectivity index (χ1n) is 24.1. The maximum absolute atomic E-state index is 15.3. The summed E-state index contributed by atoms with van der Waals surface area (Å²) in [5, 5.41) is 14.3. The van der Waals surface area contributed by atoms with Crippen LogP contribution in [0.1, 0.15) is 129 Å². The number of nitriles is 1. The highest BCUT2D eigenvalue weighted by Crippen LogP contribution is 2.65. The van der Waals surface area contributed by atoms with E-state index in [1.54, 1.807) is 44.7 Å². The second kappa shape index (κ2) is 19.1. The number of esters is 4. The maximum atomic E-state index is 15.3. The van der Waals surface area contributed by atoms with Crippen LogP contribution in [0, 0.1) is 25.2 Å². The van der Waals surface area contributed by atoms with E-state index < -0.39 is 76.6 Å². The first-order valence-corrected chi connectivity index (χ1v) is 25.2. The Balaban J connectivity index is 1.34. The topological polar surface area (TPSA) is 211 Å². The first-order chi connectivity index (χ1) is 33.9. The van der Waals surface area contributed by atoms with Gasteiger partial charge in [0.1, 0.15) is 24.0 Å². The van der Waals surface area contributed by atoms with Crippen molar-refractivity contribution in [3.05, 3.63) is 62.7 Å². The van der Waals surface area contributed by atoms with Crippen LogP contribution in [0.5, 0.6) is 40.2 Å². The molecule has 3 aromatic carbocycles. The van der Waals surface area contributed by atoms with Gasteiger partial charge in [-0.3, -0.25) is 29.5 Å². The zero-order valence-corrected chi connectivity index (χ0v) is 42.5. The lowest BCUT2D eigenvalue weighted by Crippen LogP contribution is -2.71. The molecule has 0 aliphatic carbocycles. The van der Waals surface area contributed by atoms with Gasteiger partial charge in [0, 0.05) is 54.3 Å². The van der Waals surface area contributed by atoms with Crippen molar-refractivity contribution in [1.82, 2.24) is 15.1 Å². The van der Waals surface area contributed by atoms with Gasteiger partial charge in [0.25, 0.3) is 0 Å². The molecule has 71 heavy (non-hydrogen) atoms. The summed E-state index contributed by atoms with van der Waals surface area (Å²) < 4.78 is 55.5. The van der Waals surface area contributed by atoms with Crippen molar-refractivity contribution >= 4 is 41.7 Å². The molecule has 2 saturated heterocycles. The number of amides is 1. The number of fused-ring (bicyclic) bond motifs is 9. The lowest BCUT2D eigenvalue weighted by Gasteiger charge is -2.62. The number of ether oxygens (including phenoxy) is 9. The predicted molar refractivity (Wildman–Crippen MR) is 256 cm³/mol. The summed E-state index contributed by atoms with van der Waals surface area (Å²) in [5.74, 6) is -0.371. The smallest absolute Gasteiger partial charge is 0.411 e. The Bertz CT molecular complexity index is 2770. The molecule has 4 bridgehead atoms. The van der Waals surface area contributed by atoms with Gasteiger partial charge in [0.2, 0.25) is 6.79 Å². The van der Waals surface area contributed by atoms with Crippen LogP contribution in [-0.4, -0.2) is 103 Å². The number of carbonyl (C=O) groups excluding carboxylic acids is 5. The normalized spacial score (nSPS) is 24.8. The summed E-state index contributed by atoms with van der Waals surface area (Å²) in [6, 6.07) is 3.11. The first kappa shape index (κ1) is 49.7. The largest absolute Gasteiger partial charge is 0.493 e. The van der Waals surface area contributed by atoms with E-state index in [1.807, 2.05) is 31.7 Å². The van der Waals surface area contributed by atoms with Crippen LogP contribution >= 0.6 is 11.8 Å². The Hall–Kier alpha value is -6.23. The number of thioether (sulfide) groups is 1. The van der Waals surface area contributed by atoms with Gasteiger partial charge in [-0.2, -0.15) is 5.26 Å². The number of piperazine rings is 1. The van der Waals surface area contributed by atoms with Crippen LogP contribution in [-0.2, 0) is 47.0 Å². The minimum Gasteiger partial charge on any atom is -0.493 e. The monoisotopic (exact) mass is 996 g/mol. The van der Waals surface area contributed by atoms with Crippen LogP contribution in [0.4, 0.5) is 4.79 Å². The molecule has 3 aromatic rings. The zero-order chi connectivity index (χ0) is 50.8. The van der Waals surface area contributed by atoms with Gasteiger partial charge >= 0.3 is 30.0 Å². The van der Waals surface area contributed by atoms with Crippen molar-refractivity contribution < 1.29 is 66.6 Å². The van der Waals surface area contributed by atoms with Gasteiger partial charge in [-0.15, -0.1) is 11.8 Å². The number of benzene rings is 3. The molecule has 10 rings (SSSR count). The summed E-state index contributed by atoms with van der Waals surface area (Å²) in [6.07, 6.45) is 1.31. The highest BCUT2D eigenvalue weighted by Gasteiger charge is 2.64. The van der Waals surface area contributed by atoms with Crippen LogP contribution in [0.2, 0.25) is 0 Å². The molecule has 7 aliphatic heterocycles. The Labute approximate surface area is 416 Å². The van der Waals surface area contributed by atoms with Gasteiger partial charge in [0.15, 0.2) is 40.0 Å². The third-order valence-electron chi connectivity index (χ3n) is 14.0. The zero-order valence-electron chi connectivity index (χ0n) is 41.7. The van der Waals surface area contributed by atoms with Crippen molar-refractivity contribution in [2.45, 2.75) is 141 Å². The van der Waals surface area contributed by atoms with Crippen LogP contribution < -0.4 is 38.5 Å². The fourth-order valence-corrected chi connectivity index (χ4v) is 13.1. The molecule has 1 unspecified atom stereocenters. The molecule has 1 spiro atoms. The molecular formula is C52H60N4O14S. The van der Waals surface area contributed by atoms with E-state index in [-0.39, 0.29) is 61.4 Å². The van der Waals surface area contributed by atoms with E-state index in [0.29, 0.717) is 76.4 Å². The maximum Gasteiger partial charge on any atom is 0.411 e. The summed E-state index contributed by atoms with van der Waals surface area (Å²) >= 11 is 1.34. The number of methoxy groups -OCH3 is 2. The Kier molecular flexibility index (Phi) is 13.4. The van der Waals surface area contributed by atoms with E-state index in [2.05, 4.69) is 11.4 Å². The van der Waals surface area contributed by atoms with Gasteiger partial charge in [-0.25, -0.2) is 9.59 Å². The molecule has 1 amide bonds. The molecule has 378 valence electrons. The number of nitrogens with one attached hydrogen (secondary N) is 1. The fourth-order valence-electron chi connectivity index (χ4n) is 11.4. The van der Waals surface area contributed by atoms with Crippen LogP contribution in [0.15, 0.2) is 18.2 Å². The highest BCUT2D eigenvalue weighted by molar-refractivity contribution is 7.99. The van der Waals surface area contributed by atoms with Crippen molar-refractivity contribution in [1.29, 1.82) is 5.26 Å². The van der Waals surface area contributed by atoms with Crippen molar-refractivity contribution in [2.24, 2.45) is 0 Å². The van der Waals surface area contributed by atoms with E-state index in [1.165, 1.54) is 32.9 Å². The molecule has 2 fully saturated rings. The number of rotatable bonds is 9. The molecule has 7 atom stereocenters. The summed E-state index contributed by atoms with van der Waals surface area (Å²) in [4.78, 5) is 74.0. The standard InChI is InChI=1S/C52H60N4O14S/c1-11-13-36(58)68-35-19-28-15-16-54-52(30(28)20-34(35)62-9)23-71-48-40-39(46-45(65-24-66-46)26(4)44(40)67-27(5)57)33(22-64-49(52)60)55-32(21-53)31-18-29-17-25(3)43(63-10)47(69-37(59)14-12-2)38(29)41(42(48)55)56(31)50(61)70-51(6,7)8/h17,19-20,31-33,41-42,48,54H,11-16,18,22-24H2,1-10H3/t31-,32-,33+,41+,42?,48+,52+/m0/s1. The summed E-state index contributed by atoms with van der Waals surface area (Å²) in [7, 11) is 2.95.